The third-order valence-electron chi connectivity index (χ3n) is 3.66. The summed E-state index contributed by atoms with van der Waals surface area (Å²) in [6.45, 7) is 1.16. The second-order valence-corrected chi connectivity index (χ2v) is 5.91. The monoisotopic (exact) mass is 312 g/mol. The Morgan fingerprint density at radius 3 is 2.72 bits per heavy atom. The minimum atomic E-state index is 0.229. The van der Waals surface area contributed by atoms with Crippen molar-refractivity contribution in [3.8, 4) is 0 Å². The zero-order valence-corrected chi connectivity index (χ0v) is 12.2. The van der Waals surface area contributed by atoms with Gasteiger partial charge in [0.2, 0.25) is 0 Å². The van der Waals surface area contributed by atoms with Gasteiger partial charge in [0.05, 0.1) is 6.10 Å². The zero-order chi connectivity index (χ0) is 12.8. The first-order valence-electron chi connectivity index (χ1n) is 6.77. The number of ether oxygens (including phenoxy) is 1. The normalized spacial score (nSPS) is 21.1. The summed E-state index contributed by atoms with van der Waals surface area (Å²) in [6, 6.07) is 8.27. The SMILES string of the molecule is OCC(CCCC1CCCO1)c1ccc(Br)cc1. The fraction of sp³-hybridized carbons (Fsp3) is 0.600. The van der Waals surface area contributed by atoms with Gasteiger partial charge in [0, 0.05) is 23.6 Å². The highest BCUT2D eigenvalue weighted by Crippen LogP contribution is 2.25. The van der Waals surface area contributed by atoms with E-state index in [-0.39, 0.29) is 12.5 Å². The van der Waals surface area contributed by atoms with Gasteiger partial charge in [-0.25, -0.2) is 0 Å². The summed E-state index contributed by atoms with van der Waals surface area (Å²) >= 11 is 3.43. The summed E-state index contributed by atoms with van der Waals surface area (Å²) < 4.78 is 6.71. The van der Waals surface area contributed by atoms with E-state index >= 15 is 0 Å². The predicted molar refractivity (Wildman–Crippen MR) is 76.8 cm³/mol. The van der Waals surface area contributed by atoms with Crippen molar-refractivity contribution in [1.82, 2.24) is 0 Å². The molecule has 0 radical (unpaired) electrons. The third-order valence-corrected chi connectivity index (χ3v) is 4.19. The van der Waals surface area contributed by atoms with Crippen molar-refractivity contribution < 1.29 is 9.84 Å². The minimum absolute atomic E-state index is 0.229. The van der Waals surface area contributed by atoms with Gasteiger partial charge >= 0.3 is 0 Å². The summed E-state index contributed by atoms with van der Waals surface area (Å²) in [7, 11) is 0. The van der Waals surface area contributed by atoms with E-state index in [9.17, 15) is 5.11 Å². The number of rotatable bonds is 6. The van der Waals surface area contributed by atoms with Crippen molar-refractivity contribution in [2.45, 2.75) is 44.1 Å². The van der Waals surface area contributed by atoms with Crippen molar-refractivity contribution in [2.75, 3.05) is 13.2 Å². The number of hydrogen-bond donors (Lipinski definition) is 1. The summed E-state index contributed by atoms with van der Waals surface area (Å²) in [6.07, 6.45) is 6.19. The van der Waals surface area contributed by atoms with Gasteiger partial charge in [-0.2, -0.15) is 0 Å². The van der Waals surface area contributed by atoms with Crippen LogP contribution in [0, 0.1) is 0 Å². The second kappa shape index (κ2) is 7.27. The molecule has 2 nitrogen and oxygen atoms in total. The van der Waals surface area contributed by atoms with E-state index in [2.05, 4.69) is 28.1 Å². The highest BCUT2D eigenvalue weighted by molar-refractivity contribution is 9.10. The minimum Gasteiger partial charge on any atom is -0.396 e. The van der Waals surface area contributed by atoms with E-state index in [0.717, 1.165) is 30.3 Å². The lowest BCUT2D eigenvalue weighted by Crippen LogP contribution is -2.08. The Bertz CT molecular complexity index is 344. The second-order valence-electron chi connectivity index (χ2n) is 5.00. The summed E-state index contributed by atoms with van der Waals surface area (Å²) in [4.78, 5) is 0. The molecular weight excluding hydrogens is 292 g/mol. The van der Waals surface area contributed by atoms with E-state index in [1.807, 2.05) is 12.1 Å². The molecule has 1 N–H and O–H groups in total. The molecule has 1 fully saturated rings. The zero-order valence-electron chi connectivity index (χ0n) is 10.6. The average molecular weight is 313 g/mol. The van der Waals surface area contributed by atoms with Gasteiger partial charge in [0.25, 0.3) is 0 Å². The lowest BCUT2D eigenvalue weighted by Gasteiger charge is -2.16. The summed E-state index contributed by atoms with van der Waals surface area (Å²) in [5, 5.41) is 9.50. The van der Waals surface area contributed by atoms with Crippen LogP contribution in [0.1, 0.15) is 43.6 Å². The van der Waals surface area contributed by atoms with Crippen molar-refractivity contribution in [1.29, 1.82) is 0 Å². The first kappa shape index (κ1) is 14.0. The van der Waals surface area contributed by atoms with Crippen molar-refractivity contribution in [2.24, 2.45) is 0 Å². The first-order valence-corrected chi connectivity index (χ1v) is 7.57. The molecule has 0 saturated carbocycles. The Morgan fingerprint density at radius 1 is 1.33 bits per heavy atom. The maximum absolute atomic E-state index is 9.50. The van der Waals surface area contributed by atoms with Gasteiger partial charge in [-0.05, 0) is 43.4 Å². The van der Waals surface area contributed by atoms with E-state index < -0.39 is 0 Å². The molecule has 1 aliphatic rings. The van der Waals surface area contributed by atoms with Crippen LogP contribution in [-0.2, 0) is 4.74 Å². The van der Waals surface area contributed by atoms with Crippen LogP contribution in [-0.4, -0.2) is 24.4 Å². The molecule has 0 aromatic heterocycles. The lowest BCUT2D eigenvalue weighted by molar-refractivity contribution is 0.101. The maximum atomic E-state index is 9.50. The molecule has 2 rings (SSSR count). The molecule has 100 valence electrons. The molecular formula is C15H21BrO2. The van der Waals surface area contributed by atoms with Crippen molar-refractivity contribution >= 4 is 15.9 Å². The third kappa shape index (κ3) is 4.08. The van der Waals surface area contributed by atoms with E-state index in [4.69, 9.17) is 4.74 Å². The molecule has 0 spiro atoms. The molecule has 1 saturated heterocycles. The van der Waals surface area contributed by atoms with Crippen LogP contribution >= 0.6 is 15.9 Å². The number of benzene rings is 1. The molecule has 0 aliphatic carbocycles. The average Bonchev–Trinajstić information content (AvgIpc) is 2.89. The fourth-order valence-corrected chi connectivity index (χ4v) is 2.83. The van der Waals surface area contributed by atoms with Gasteiger partial charge in [-0.1, -0.05) is 34.5 Å². The summed E-state index contributed by atoms with van der Waals surface area (Å²) in [5.41, 5.74) is 1.23. The molecule has 1 aliphatic heterocycles. The van der Waals surface area contributed by atoms with E-state index in [1.165, 1.54) is 18.4 Å². The highest BCUT2D eigenvalue weighted by atomic mass is 79.9. The van der Waals surface area contributed by atoms with Crippen molar-refractivity contribution in [3.63, 3.8) is 0 Å². The van der Waals surface area contributed by atoms with Crippen LogP contribution in [0.4, 0.5) is 0 Å². The Balaban J connectivity index is 1.79. The number of halogens is 1. The van der Waals surface area contributed by atoms with Gasteiger partial charge in [-0.15, -0.1) is 0 Å². The Kier molecular flexibility index (Phi) is 5.67. The van der Waals surface area contributed by atoms with Gasteiger partial charge in [0.1, 0.15) is 0 Å². The number of hydrogen-bond acceptors (Lipinski definition) is 2. The summed E-state index contributed by atoms with van der Waals surface area (Å²) in [5.74, 6) is 0.263. The van der Waals surface area contributed by atoms with Crippen LogP contribution in [0.5, 0.6) is 0 Å². The standard InChI is InChI=1S/C15H21BrO2/c16-14-8-6-12(7-9-14)13(11-17)3-1-4-15-5-2-10-18-15/h6-9,13,15,17H,1-5,10-11H2. The number of aliphatic hydroxyl groups is 1. The highest BCUT2D eigenvalue weighted by Gasteiger charge is 2.16. The van der Waals surface area contributed by atoms with Gasteiger partial charge in [-0.3, -0.25) is 0 Å². The largest absolute Gasteiger partial charge is 0.396 e. The molecule has 0 bridgehead atoms. The molecule has 3 heteroatoms. The van der Waals surface area contributed by atoms with Gasteiger partial charge < -0.3 is 9.84 Å². The van der Waals surface area contributed by atoms with Crippen LogP contribution in [0.25, 0.3) is 0 Å². The predicted octanol–water partition coefficient (Wildman–Crippen LogP) is 3.87. The Labute approximate surface area is 117 Å². The lowest BCUT2D eigenvalue weighted by atomic mass is 9.93. The van der Waals surface area contributed by atoms with Gasteiger partial charge in [0.15, 0.2) is 0 Å². The van der Waals surface area contributed by atoms with Crippen LogP contribution < -0.4 is 0 Å². The molecule has 2 atom stereocenters. The quantitative estimate of drug-likeness (QED) is 0.864. The molecule has 18 heavy (non-hydrogen) atoms. The Hall–Kier alpha value is -0.380. The van der Waals surface area contributed by atoms with Crippen LogP contribution in [0.3, 0.4) is 0 Å². The molecule has 1 heterocycles. The number of aliphatic hydroxyl groups excluding tert-OH is 1. The van der Waals surface area contributed by atoms with Crippen LogP contribution in [0.2, 0.25) is 0 Å². The molecule has 2 unspecified atom stereocenters. The van der Waals surface area contributed by atoms with E-state index in [1.54, 1.807) is 0 Å². The molecule has 1 aromatic rings. The van der Waals surface area contributed by atoms with Crippen molar-refractivity contribution in [3.05, 3.63) is 34.3 Å². The molecule has 0 amide bonds. The Morgan fingerprint density at radius 2 is 2.11 bits per heavy atom. The molecule has 1 aromatic carbocycles. The maximum Gasteiger partial charge on any atom is 0.0576 e. The topological polar surface area (TPSA) is 29.5 Å². The fourth-order valence-electron chi connectivity index (χ4n) is 2.56. The first-order chi connectivity index (χ1) is 8.79. The van der Waals surface area contributed by atoms with E-state index in [0.29, 0.717) is 6.10 Å². The smallest absolute Gasteiger partial charge is 0.0576 e. The van der Waals surface area contributed by atoms with Crippen LogP contribution in [0.15, 0.2) is 28.7 Å².